The molecule has 3 heterocycles. The van der Waals surface area contributed by atoms with E-state index in [2.05, 4.69) is 4.98 Å². The van der Waals surface area contributed by atoms with Crippen LogP contribution in [0, 0.1) is 6.92 Å². The van der Waals surface area contributed by atoms with Gasteiger partial charge in [0.15, 0.2) is 0 Å². The van der Waals surface area contributed by atoms with Crippen LogP contribution >= 0.6 is 0 Å². The third-order valence-corrected chi connectivity index (χ3v) is 5.09. The minimum absolute atomic E-state index is 0.0593. The van der Waals surface area contributed by atoms with E-state index < -0.39 is 11.5 Å². The summed E-state index contributed by atoms with van der Waals surface area (Å²) in [5.74, 6) is -0.397. The maximum absolute atomic E-state index is 12.9. The van der Waals surface area contributed by atoms with E-state index in [0.29, 0.717) is 6.54 Å². The smallest absolute Gasteiger partial charge is 0.342 e. The molecule has 0 atom stereocenters. The van der Waals surface area contributed by atoms with Crippen molar-refractivity contribution in [2.45, 2.75) is 33.2 Å². The maximum Gasteiger partial charge on any atom is 0.342 e. The van der Waals surface area contributed by atoms with Crippen LogP contribution in [0.2, 0.25) is 0 Å². The molecule has 0 fully saturated rings. The van der Waals surface area contributed by atoms with Gasteiger partial charge in [-0.2, -0.15) is 0 Å². The van der Waals surface area contributed by atoms with Crippen molar-refractivity contribution in [3.8, 4) is 0 Å². The van der Waals surface area contributed by atoms with Crippen LogP contribution in [-0.4, -0.2) is 34.6 Å². The second-order valence-electron chi connectivity index (χ2n) is 6.85. The van der Waals surface area contributed by atoms with Crippen molar-refractivity contribution in [1.29, 1.82) is 0 Å². The molecular formula is C21H21N3O5. The molecule has 8 heteroatoms. The molecule has 1 aromatic carbocycles. The Kier molecular flexibility index (Phi) is 4.92. The van der Waals surface area contributed by atoms with Gasteiger partial charge in [-0.1, -0.05) is 18.2 Å². The molecular weight excluding hydrogens is 374 g/mol. The van der Waals surface area contributed by atoms with Crippen molar-refractivity contribution < 1.29 is 18.7 Å². The highest BCUT2D eigenvalue weighted by atomic mass is 16.5. The minimum Gasteiger partial charge on any atom is -0.462 e. The summed E-state index contributed by atoms with van der Waals surface area (Å²) in [5.41, 5.74) is 1.83. The van der Waals surface area contributed by atoms with E-state index in [1.165, 1.54) is 10.9 Å². The Labute approximate surface area is 166 Å². The first-order valence-electron chi connectivity index (χ1n) is 9.55. The molecule has 0 radical (unpaired) electrons. The Bertz CT molecular complexity index is 1160. The van der Waals surface area contributed by atoms with Gasteiger partial charge in [0, 0.05) is 25.2 Å². The number of aromatic nitrogens is 2. The fourth-order valence-electron chi connectivity index (χ4n) is 3.69. The number of aryl methyl sites for hydroxylation is 2. The fraction of sp³-hybridized carbons (Fsp3) is 0.333. The van der Waals surface area contributed by atoms with E-state index in [1.807, 2.05) is 24.3 Å². The number of fused-ring (bicyclic) bond motifs is 2. The second kappa shape index (κ2) is 7.54. The minimum atomic E-state index is -0.620. The van der Waals surface area contributed by atoms with Gasteiger partial charge in [0.05, 0.1) is 6.61 Å². The first kappa shape index (κ1) is 18.9. The van der Waals surface area contributed by atoms with Gasteiger partial charge in [-0.15, -0.1) is 0 Å². The Morgan fingerprint density at radius 1 is 1.28 bits per heavy atom. The van der Waals surface area contributed by atoms with E-state index >= 15 is 0 Å². The largest absolute Gasteiger partial charge is 0.462 e. The van der Waals surface area contributed by atoms with Crippen LogP contribution in [0.4, 0.5) is 5.69 Å². The summed E-state index contributed by atoms with van der Waals surface area (Å²) in [5, 5.41) is 0.0856. The highest BCUT2D eigenvalue weighted by Gasteiger charge is 2.26. The normalized spacial score (nSPS) is 13.0. The second-order valence-corrected chi connectivity index (χ2v) is 6.85. The summed E-state index contributed by atoms with van der Waals surface area (Å²) < 4.78 is 11.8. The lowest BCUT2D eigenvalue weighted by atomic mass is 10.2. The number of carbonyl (C=O) groups excluding carboxylic acids is 2. The molecule has 1 amide bonds. The number of anilines is 1. The number of hydrogen-bond acceptors (Lipinski definition) is 6. The van der Waals surface area contributed by atoms with Crippen molar-refractivity contribution in [3.05, 3.63) is 57.8 Å². The summed E-state index contributed by atoms with van der Waals surface area (Å²) in [6, 6.07) is 7.81. The molecule has 4 rings (SSSR count). The van der Waals surface area contributed by atoms with Gasteiger partial charge in [-0.25, -0.2) is 9.78 Å². The first-order valence-corrected chi connectivity index (χ1v) is 9.55. The molecule has 2 aromatic heterocycles. The number of nitrogens with zero attached hydrogens (tertiary/aromatic N) is 3. The number of hydrogen-bond donors (Lipinski definition) is 0. The zero-order valence-corrected chi connectivity index (χ0v) is 16.3. The number of benzene rings is 1. The SMILES string of the molecule is CCOC(=O)c1c(C)oc2ncn(CCC(=O)N3CCc4ccccc43)c(=O)c12. The number of carbonyl (C=O) groups is 2. The van der Waals surface area contributed by atoms with E-state index in [-0.39, 0.29) is 47.9 Å². The average Bonchev–Trinajstić information content (AvgIpc) is 3.28. The van der Waals surface area contributed by atoms with Gasteiger partial charge in [-0.05, 0) is 31.9 Å². The highest BCUT2D eigenvalue weighted by molar-refractivity contribution is 6.03. The Morgan fingerprint density at radius 3 is 2.86 bits per heavy atom. The van der Waals surface area contributed by atoms with Crippen LogP contribution in [0.5, 0.6) is 0 Å². The van der Waals surface area contributed by atoms with Gasteiger partial charge in [0.1, 0.15) is 23.0 Å². The topological polar surface area (TPSA) is 94.6 Å². The Morgan fingerprint density at radius 2 is 2.07 bits per heavy atom. The molecule has 0 aliphatic carbocycles. The molecule has 3 aromatic rings. The van der Waals surface area contributed by atoms with Crippen molar-refractivity contribution in [3.63, 3.8) is 0 Å². The number of ether oxygens (including phenoxy) is 1. The zero-order chi connectivity index (χ0) is 20.5. The first-order chi connectivity index (χ1) is 14.0. The maximum atomic E-state index is 12.9. The summed E-state index contributed by atoms with van der Waals surface area (Å²) in [7, 11) is 0. The van der Waals surface area contributed by atoms with Gasteiger partial charge >= 0.3 is 5.97 Å². The lowest BCUT2D eigenvalue weighted by molar-refractivity contribution is -0.118. The van der Waals surface area contributed by atoms with Crippen LogP contribution in [0.1, 0.15) is 35.0 Å². The predicted molar refractivity (Wildman–Crippen MR) is 106 cm³/mol. The van der Waals surface area contributed by atoms with Crippen LogP contribution in [-0.2, 0) is 22.5 Å². The molecule has 1 aliphatic rings. The van der Waals surface area contributed by atoms with Crippen molar-refractivity contribution in [2.24, 2.45) is 0 Å². The lowest BCUT2D eigenvalue weighted by Gasteiger charge is -2.17. The highest BCUT2D eigenvalue weighted by Crippen LogP contribution is 2.28. The molecule has 150 valence electrons. The predicted octanol–water partition coefficient (Wildman–Crippen LogP) is 2.45. The van der Waals surface area contributed by atoms with Crippen molar-refractivity contribution >= 4 is 28.7 Å². The standard InChI is InChI=1S/C21H21N3O5/c1-3-28-21(27)17-13(2)29-19-18(17)20(26)23(12-22-19)10-9-16(25)24-11-8-14-6-4-5-7-15(14)24/h4-7,12H,3,8-11H2,1-2H3. The summed E-state index contributed by atoms with van der Waals surface area (Å²) in [6.45, 7) is 4.26. The summed E-state index contributed by atoms with van der Waals surface area (Å²) >= 11 is 0. The van der Waals surface area contributed by atoms with E-state index in [0.717, 1.165) is 17.7 Å². The van der Waals surface area contributed by atoms with E-state index in [9.17, 15) is 14.4 Å². The number of rotatable bonds is 5. The molecule has 0 bridgehead atoms. The molecule has 0 unspecified atom stereocenters. The van der Waals surface area contributed by atoms with Crippen LogP contribution in [0.15, 0.2) is 39.8 Å². The Hall–Kier alpha value is -3.42. The number of esters is 1. The average molecular weight is 395 g/mol. The van der Waals surface area contributed by atoms with Crippen LogP contribution in [0.25, 0.3) is 11.1 Å². The molecule has 8 nitrogen and oxygen atoms in total. The van der Waals surface area contributed by atoms with Gasteiger partial charge in [0.2, 0.25) is 11.6 Å². The van der Waals surface area contributed by atoms with E-state index in [1.54, 1.807) is 18.7 Å². The number of para-hydroxylation sites is 1. The van der Waals surface area contributed by atoms with Gasteiger partial charge < -0.3 is 14.1 Å². The molecule has 1 aliphatic heterocycles. The summed E-state index contributed by atoms with van der Waals surface area (Å²) in [6.07, 6.45) is 2.31. The quantitative estimate of drug-likeness (QED) is 0.616. The van der Waals surface area contributed by atoms with Crippen LogP contribution < -0.4 is 10.5 Å². The Balaban J connectivity index is 1.58. The number of furan rings is 1. The van der Waals surface area contributed by atoms with Gasteiger partial charge in [-0.3, -0.25) is 14.2 Å². The zero-order valence-electron chi connectivity index (χ0n) is 16.3. The van der Waals surface area contributed by atoms with Crippen molar-refractivity contribution in [1.82, 2.24) is 9.55 Å². The lowest BCUT2D eigenvalue weighted by Crippen LogP contribution is -2.31. The van der Waals surface area contributed by atoms with E-state index in [4.69, 9.17) is 9.15 Å². The van der Waals surface area contributed by atoms with Crippen LogP contribution in [0.3, 0.4) is 0 Å². The monoisotopic (exact) mass is 395 g/mol. The van der Waals surface area contributed by atoms with Gasteiger partial charge in [0.25, 0.3) is 5.56 Å². The molecule has 0 spiro atoms. The third-order valence-electron chi connectivity index (χ3n) is 5.09. The third kappa shape index (κ3) is 3.30. The molecule has 0 N–H and O–H groups in total. The molecule has 0 saturated carbocycles. The fourth-order valence-corrected chi connectivity index (χ4v) is 3.69. The molecule has 29 heavy (non-hydrogen) atoms. The van der Waals surface area contributed by atoms with Crippen molar-refractivity contribution in [2.75, 3.05) is 18.1 Å². The summed E-state index contributed by atoms with van der Waals surface area (Å²) in [4.78, 5) is 43.8. The number of amides is 1. The molecule has 0 saturated heterocycles.